The van der Waals surface area contributed by atoms with E-state index in [-0.39, 0.29) is 0 Å². The standard InChI is InChI=1S/C12H10NO/c1-14-12-9-5-8-11(13-12)10-6-3-2-4-7-10/h2-3,5-9H,1H3. The van der Waals surface area contributed by atoms with Crippen LogP contribution < -0.4 is 4.74 Å². The van der Waals surface area contributed by atoms with E-state index in [4.69, 9.17) is 4.74 Å². The van der Waals surface area contributed by atoms with Crippen molar-refractivity contribution in [2.24, 2.45) is 0 Å². The van der Waals surface area contributed by atoms with Gasteiger partial charge in [0.25, 0.3) is 0 Å². The highest BCUT2D eigenvalue weighted by atomic mass is 16.5. The monoisotopic (exact) mass is 184 g/mol. The lowest BCUT2D eigenvalue weighted by Crippen LogP contribution is -1.88. The summed E-state index contributed by atoms with van der Waals surface area (Å²) >= 11 is 0. The summed E-state index contributed by atoms with van der Waals surface area (Å²) in [4.78, 5) is 4.32. The smallest absolute Gasteiger partial charge is 0.213 e. The number of nitrogens with zero attached hydrogens (tertiary/aromatic N) is 1. The molecule has 1 aromatic carbocycles. The molecule has 1 radical (unpaired) electrons. The van der Waals surface area contributed by atoms with Gasteiger partial charge in [0.2, 0.25) is 5.88 Å². The maximum atomic E-state index is 5.06. The molecule has 0 saturated heterocycles. The fourth-order valence-corrected chi connectivity index (χ4v) is 1.24. The average Bonchev–Trinajstić information content (AvgIpc) is 2.30. The van der Waals surface area contributed by atoms with Gasteiger partial charge in [-0.2, -0.15) is 0 Å². The molecule has 0 atom stereocenters. The summed E-state index contributed by atoms with van der Waals surface area (Å²) in [5.41, 5.74) is 1.95. The molecule has 69 valence electrons. The van der Waals surface area contributed by atoms with Crippen LogP contribution in [0.25, 0.3) is 11.3 Å². The first-order chi connectivity index (χ1) is 6.90. The third kappa shape index (κ3) is 1.74. The summed E-state index contributed by atoms with van der Waals surface area (Å²) in [6, 6.07) is 16.4. The Morgan fingerprint density at radius 1 is 1.21 bits per heavy atom. The molecule has 0 amide bonds. The SMILES string of the molecule is COc1cccc(-c2c[c]ccc2)n1. The molecule has 2 nitrogen and oxygen atoms in total. The van der Waals surface area contributed by atoms with Gasteiger partial charge >= 0.3 is 0 Å². The van der Waals surface area contributed by atoms with Gasteiger partial charge in [0.1, 0.15) is 0 Å². The van der Waals surface area contributed by atoms with Crippen molar-refractivity contribution in [2.45, 2.75) is 0 Å². The minimum Gasteiger partial charge on any atom is -0.481 e. The summed E-state index contributed by atoms with van der Waals surface area (Å²) < 4.78 is 5.06. The van der Waals surface area contributed by atoms with Gasteiger partial charge in [0.05, 0.1) is 12.8 Å². The van der Waals surface area contributed by atoms with Crippen molar-refractivity contribution in [3.8, 4) is 17.1 Å². The lowest BCUT2D eigenvalue weighted by Gasteiger charge is -2.02. The number of hydrogen-bond acceptors (Lipinski definition) is 2. The molecule has 0 aliphatic heterocycles. The first kappa shape index (κ1) is 8.75. The largest absolute Gasteiger partial charge is 0.481 e. The summed E-state index contributed by atoms with van der Waals surface area (Å²) in [7, 11) is 1.61. The molecule has 2 heteroatoms. The van der Waals surface area contributed by atoms with Crippen LogP contribution in [0.15, 0.2) is 42.5 Å². The zero-order chi connectivity index (χ0) is 9.80. The van der Waals surface area contributed by atoms with Crippen molar-refractivity contribution < 1.29 is 4.74 Å². The van der Waals surface area contributed by atoms with Crippen molar-refractivity contribution >= 4 is 0 Å². The van der Waals surface area contributed by atoms with E-state index in [1.165, 1.54) is 0 Å². The molecule has 0 aliphatic rings. The van der Waals surface area contributed by atoms with Crippen LogP contribution >= 0.6 is 0 Å². The molecule has 2 rings (SSSR count). The number of ether oxygens (including phenoxy) is 1. The van der Waals surface area contributed by atoms with Crippen LogP contribution in [0.1, 0.15) is 0 Å². The third-order valence-corrected chi connectivity index (χ3v) is 1.94. The summed E-state index contributed by atoms with van der Waals surface area (Å²) in [6.07, 6.45) is 0. The van der Waals surface area contributed by atoms with Gasteiger partial charge in [-0.1, -0.05) is 24.3 Å². The van der Waals surface area contributed by atoms with Gasteiger partial charge in [-0.05, 0) is 18.2 Å². The predicted octanol–water partition coefficient (Wildman–Crippen LogP) is 2.56. The maximum absolute atomic E-state index is 5.06. The van der Waals surface area contributed by atoms with Gasteiger partial charge in [-0.3, -0.25) is 0 Å². The van der Waals surface area contributed by atoms with E-state index < -0.39 is 0 Å². The molecule has 0 spiro atoms. The lowest BCUT2D eigenvalue weighted by molar-refractivity contribution is 0.398. The van der Waals surface area contributed by atoms with Gasteiger partial charge in [0.15, 0.2) is 0 Å². The van der Waals surface area contributed by atoms with E-state index in [2.05, 4.69) is 11.1 Å². The molecule has 0 unspecified atom stereocenters. The molecule has 0 aliphatic carbocycles. The summed E-state index contributed by atoms with van der Waals surface area (Å²) in [5, 5.41) is 0. The van der Waals surface area contributed by atoms with Crippen molar-refractivity contribution in [3.05, 3.63) is 48.5 Å². The quantitative estimate of drug-likeness (QED) is 0.715. The van der Waals surface area contributed by atoms with E-state index in [0.29, 0.717) is 5.88 Å². The van der Waals surface area contributed by atoms with Crippen LogP contribution in [-0.2, 0) is 0 Å². The van der Waals surface area contributed by atoms with Gasteiger partial charge < -0.3 is 4.74 Å². The first-order valence-electron chi connectivity index (χ1n) is 4.37. The molecule has 0 bridgehead atoms. The van der Waals surface area contributed by atoms with Crippen LogP contribution in [0, 0.1) is 6.07 Å². The summed E-state index contributed by atoms with van der Waals surface area (Å²) in [5.74, 6) is 0.631. The molecule has 1 aromatic heterocycles. The van der Waals surface area contributed by atoms with E-state index >= 15 is 0 Å². The number of rotatable bonds is 2. The highest BCUT2D eigenvalue weighted by Gasteiger charge is 1.99. The fraction of sp³-hybridized carbons (Fsp3) is 0.0833. The molecule has 0 N–H and O–H groups in total. The van der Waals surface area contributed by atoms with Crippen LogP contribution in [0.4, 0.5) is 0 Å². The highest BCUT2D eigenvalue weighted by molar-refractivity contribution is 5.58. The van der Waals surface area contributed by atoms with E-state index in [9.17, 15) is 0 Å². The highest BCUT2D eigenvalue weighted by Crippen LogP contribution is 2.18. The zero-order valence-corrected chi connectivity index (χ0v) is 7.90. The maximum Gasteiger partial charge on any atom is 0.213 e. The number of methoxy groups -OCH3 is 1. The third-order valence-electron chi connectivity index (χ3n) is 1.94. The van der Waals surface area contributed by atoms with Crippen molar-refractivity contribution in [1.82, 2.24) is 4.98 Å². The molecule has 1 heterocycles. The number of hydrogen-bond donors (Lipinski definition) is 0. The first-order valence-corrected chi connectivity index (χ1v) is 4.37. The molecule has 0 saturated carbocycles. The van der Waals surface area contributed by atoms with Gasteiger partial charge in [0, 0.05) is 11.6 Å². The topological polar surface area (TPSA) is 22.1 Å². The summed E-state index contributed by atoms with van der Waals surface area (Å²) in [6.45, 7) is 0. The molecule has 0 fully saturated rings. The predicted molar refractivity (Wildman–Crippen MR) is 55.1 cm³/mol. The molecular weight excluding hydrogens is 174 g/mol. The van der Waals surface area contributed by atoms with Crippen molar-refractivity contribution in [2.75, 3.05) is 7.11 Å². The Morgan fingerprint density at radius 3 is 2.86 bits per heavy atom. The number of pyridine rings is 1. The second kappa shape index (κ2) is 3.92. The normalized spacial score (nSPS) is 9.79. The Balaban J connectivity index is 2.42. The van der Waals surface area contributed by atoms with Gasteiger partial charge in [-0.25, -0.2) is 4.98 Å². The van der Waals surface area contributed by atoms with Crippen LogP contribution in [0.5, 0.6) is 5.88 Å². The minimum atomic E-state index is 0.631. The van der Waals surface area contributed by atoms with Crippen LogP contribution in [0.3, 0.4) is 0 Å². The minimum absolute atomic E-state index is 0.631. The van der Waals surface area contributed by atoms with E-state index in [1.807, 2.05) is 42.5 Å². The van der Waals surface area contributed by atoms with Crippen molar-refractivity contribution in [1.29, 1.82) is 0 Å². The van der Waals surface area contributed by atoms with Crippen LogP contribution in [0.2, 0.25) is 0 Å². The number of benzene rings is 1. The van der Waals surface area contributed by atoms with Crippen LogP contribution in [-0.4, -0.2) is 12.1 Å². The second-order valence-electron chi connectivity index (χ2n) is 2.86. The van der Waals surface area contributed by atoms with E-state index in [1.54, 1.807) is 7.11 Å². The second-order valence-corrected chi connectivity index (χ2v) is 2.86. The fourth-order valence-electron chi connectivity index (χ4n) is 1.24. The average molecular weight is 184 g/mol. The van der Waals surface area contributed by atoms with Gasteiger partial charge in [-0.15, -0.1) is 0 Å². The van der Waals surface area contributed by atoms with E-state index in [0.717, 1.165) is 11.3 Å². The lowest BCUT2D eigenvalue weighted by atomic mass is 10.1. The Hall–Kier alpha value is -1.83. The Morgan fingerprint density at radius 2 is 2.14 bits per heavy atom. The van der Waals surface area contributed by atoms with Crippen molar-refractivity contribution in [3.63, 3.8) is 0 Å². The number of aromatic nitrogens is 1. The molecule has 2 aromatic rings. The zero-order valence-electron chi connectivity index (χ0n) is 7.90. The molecule has 14 heavy (non-hydrogen) atoms. The Bertz CT molecular complexity index is 412. The Labute approximate surface area is 83.2 Å². The Kier molecular flexibility index (Phi) is 2.45. The molecular formula is C12H10NO.